The lowest BCUT2D eigenvalue weighted by Crippen LogP contribution is -2.48. The molecular weight excluding hydrogens is 242 g/mol. The summed E-state index contributed by atoms with van der Waals surface area (Å²) in [5.41, 5.74) is 0.496. The van der Waals surface area contributed by atoms with Crippen molar-refractivity contribution in [3.8, 4) is 5.75 Å². The zero-order valence-electron chi connectivity index (χ0n) is 11.6. The van der Waals surface area contributed by atoms with Gasteiger partial charge in [-0.2, -0.15) is 0 Å². The van der Waals surface area contributed by atoms with E-state index in [4.69, 9.17) is 4.74 Å². The molecule has 1 fully saturated rings. The van der Waals surface area contributed by atoms with Gasteiger partial charge in [-0.3, -0.25) is 9.69 Å². The minimum absolute atomic E-state index is 0.0837. The number of phenolic OH excluding ortho intramolecular Hbond substituents is 1. The lowest BCUT2D eigenvalue weighted by Gasteiger charge is -2.39. The molecule has 1 aliphatic heterocycles. The molecular formula is C15H21NO3. The molecule has 4 heteroatoms. The third-order valence-electron chi connectivity index (χ3n) is 3.79. The Kier molecular flexibility index (Phi) is 4.22. The van der Waals surface area contributed by atoms with Crippen molar-refractivity contribution in [1.82, 2.24) is 4.90 Å². The molecule has 1 heterocycles. The van der Waals surface area contributed by atoms with Crippen molar-refractivity contribution >= 4 is 5.78 Å². The Balaban J connectivity index is 1.97. The molecule has 1 atom stereocenters. The molecule has 0 spiro atoms. The van der Waals surface area contributed by atoms with E-state index in [1.807, 2.05) is 0 Å². The van der Waals surface area contributed by atoms with Gasteiger partial charge in [-0.1, -0.05) is 0 Å². The zero-order valence-corrected chi connectivity index (χ0v) is 11.6. The van der Waals surface area contributed by atoms with Gasteiger partial charge in [0.05, 0.1) is 12.1 Å². The number of hydrogen-bond donors (Lipinski definition) is 1. The topological polar surface area (TPSA) is 49.8 Å². The molecule has 0 bridgehead atoms. The number of phenols is 1. The summed E-state index contributed by atoms with van der Waals surface area (Å²) in [5, 5.41) is 9.22. The van der Waals surface area contributed by atoms with Crippen LogP contribution in [0.3, 0.4) is 0 Å². The molecule has 0 amide bonds. The van der Waals surface area contributed by atoms with Crippen molar-refractivity contribution in [1.29, 1.82) is 0 Å². The van der Waals surface area contributed by atoms with Crippen molar-refractivity contribution in [2.24, 2.45) is 0 Å². The Labute approximate surface area is 114 Å². The Morgan fingerprint density at radius 2 is 2.11 bits per heavy atom. The number of carbonyl (C=O) groups is 1. The van der Waals surface area contributed by atoms with Crippen molar-refractivity contribution in [2.45, 2.75) is 25.4 Å². The number of carbonyl (C=O) groups excluding carboxylic acids is 1. The van der Waals surface area contributed by atoms with E-state index in [0.29, 0.717) is 12.1 Å². The second-order valence-electron chi connectivity index (χ2n) is 5.44. The lowest BCUT2D eigenvalue weighted by molar-refractivity contribution is -0.0485. The quantitative estimate of drug-likeness (QED) is 0.845. The van der Waals surface area contributed by atoms with Crippen LogP contribution in [0.5, 0.6) is 5.75 Å². The van der Waals surface area contributed by atoms with Crippen LogP contribution in [-0.4, -0.2) is 48.1 Å². The van der Waals surface area contributed by atoms with Crippen LogP contribution in [0, 0.1) is 0 Å². The van der Waals surface area contributed by atoms with Crippen LogP contribution in [0.15, 0.2) is 24.3 Å². The van der Waals surface area contributed by atoms with Crippen LogP contribution in [0.2, 0.25) is 0 Å². The number of hydrogen-bond acceptors (Lipinski definition) is 4. The maximum atomic E-state index is 12.2. The molecule has 1 saturated heterocycles. The highest BCUT2D eigenvalue weighted by Gasteiger charge is 2.31. The minimum atomic E-state index is -0.145. The van der Waals surface area contributed by atoms with Crippen LogP contribution in [-0.2, 0) is 4.74 Å². The number of likely N-dealkylation sites (tertiary alicyclic amines) is 1. The van der Waals surface area contributed by atoms with Crippen LogP contribution in [0.1, 0.15) is 30.1 Å². The molecule has 1 aromatic rings. The molecule has 0 saturated carbocycles. The maximum absolute atomic E-state index is 12.2. The smallest absolute Gasteiger partial charge is 0.176 e. The van der Waals surface area contributed by atoms with Gasteiger partial charge in [0.1, 0.15) is 5.75 Å². The number of rotatable bonds is 4. The van der Waals surface area contributed by atoms with Crippen LogP contribution in [0.4, 0.5) is 0 Å². The zero-order chi connectivity index (χ0) is 13.9. The molecule has 0 aromatic heterocycles. The van der Waals surface area contributed by atoms with E-state index in [2.05, 4.69) is 11.8 Å². The number of nitrogens with zero attached hydrogens (tertiary/aromatic N) is 1. The second-order valence-corrected chi connectivity index (χ2v) is 5.44. The van der Waals surface area contributed by atoms with Gasteiger partial charge < -0.3 is 9.84 Å². The van der Waals surface area contributed by atoms with E-state index in [1.54, 1.807) is 31.4 Å². The van der Waals surface area contributed by atoms with E-state index in [-0.39, 0.29) is 17.1 Å². The number of ketones is 1. The summed E-state index contributed by atoms with van der Waals surface area (Å²) in [7, 11) is 1.73. The first-order valence-electron chi connectivity index (χ1n) is 6.62. The maximum Gasteiger partial charge on any atom is 0.176 e. The summed E-state index contributed by atoms with van der Waals surface area (Å²) >= 11 is 0. The first-order valence-corrected chi connectivity index (χ1v) is 6.62. The van der Waals surface area contributed by atoms with Crippen molar-refractivity contribution < 1.29 is 14.6 Å². The largest absolute Gasteiger partial charge is 0.508 e. The fourth-order valence-electron chi connectivity index (χ4n) is 2.55. The first-order chi connectivity index (χ1) is 9.02. The number of aromatic hydroxyl groups is 1. The molecule has 1 aliphatic rings. The van der Waals surface area contributed by atoms with E-state index in [9.17, 15) is 9.90 Å². The third kappa shape index (κ3) is 3.55. The minimum Gasteiger partial charge on any atom is -0.508 e. The summed E-state index contributed by atoms with van der Waals surface area (Å²) in [6.45, 7) is 4.21. The van der Waals surface area contributed by atoms with Gasteiger partial charge in [0.15, 0.2) is 5.78 Å². The van der Waals surface area contributed by atoms with Gasteiger partial charge in [0.25, 0.3) is 0 Å². The van der Waals surface area contributed by atoms with Crippen LogP contribution in [0.25, 0.3) is 0 Å². The normalized spacial score (nSPS) is 24.3. The SMILES string of the molecule is COC1(C)CCCN(CC(=O)c2ccc(O)cc2)C1. The molecule has 2 rings (SSSR count). The molecule has 19 heavy (non-hydrogen) atoms. The third-order valence-corrected chi connectivity index (χ3v) is 3.79. The average molecular weight is 263 g/mol. The van der Waals surface area contributed by atoms with Gasteiger partial charge >= 0.3 is 0 Å². The van der Waals surface area contributed by atoms with Gasteiger partial charge in [-0.15, -0.1) is 0 Å². The number of piperidine rings is 1. The number of methoxy groups -OCH3 is 1. The van der Waals surface area contributed by atoms with Crippen molar-refractivity contribution in [3.63, 3.8) is 0 Å². The first kappa shape index (κ1) is 14.0. The highest BCUT2D eigenvalue weighted by molar-refractivity contribution is 5.97. The van der Waals surface area contributed by atoms with E-state index < -0.39 is 0 Å². The molecule has 0 aliphatic carbocycles. The molecule has 104 valence electrons. The fourth-order valence-corrected chi connectivity index (χ4v) is 2.55. The van der Waals surface area contributed by atoms with Gasteiger partial charge in [-0.25, -0.2) is 0 Å². The lowest BCUT2D eigenvalue weighted by atomic mass is 9.94. The monoisotopic (exact) mass is 263 g/mol. The highest BCUT2D eigenvalue weighted by Crippen LogP contribution is 2.24. The van der Waals surface area contributed by atoms with Gasteiger partial charge in [0, 0.05) is 19.2 Å². The van der Waals surface area contributed by atoms with Crippen LogP contribution < -0.4 is 0 Å². The van der Waals surface area contributed by atoms with Gasteiger partial charge in [0.2, 0.25) is 0 Å². The summed E-state index contributed by atoms with van der Waals surface area (Å²) in [4.78, 5) is 14.3. The summed E-state index contributed by atoms with van der Waals surface area (Å²) in [5.74, 6) is 0.266. The Morgan fingerprint density at radius 3 is 2.74 bits per heavy atom. The Bertz CT molecular complexity index is 443. The highest BCUT2D eigenvalue weighted by atomic mass is 16.5. The number of benzene rings is 1. The summed E-state index contributed by atoms with van der Waals surface area (Å²) in [6.07, 6.45) is 2.08. The van der Waals surface area contributed by atoms with Crippen molar-refractivity contribution in [2.75, 3.05) is 26.7 Å². The summed E-state index contributed by atoms with van der Waals surface area (Å²) in [6, 6.07) is 6.42. The second kappa shape index (κ2) is 5.72. The van der Waals surface area contributed by atoms with E-state index in [0.717, 1.165) is 25.9 Å². The van der Waals surface area contributed by atoms with E-state index in [1.165, 1.54) is 0 Å². The average Bonchev–Trinajstić information content (AvgIpc) is 2.39. The van der Waals surface area contributed by atoms with Crippen molar-refractivity contribution in [3.05, 3.63) is 29.8 Å². The molecule has 1 unspecified atom stereocenters. The molecule has 4 nitrogen and oxygen atoms in total. The summed E-state index contributed by atoms with van der Waals surface area (Å²) < 4.78 is 5.53. The molecule has 1 N–H and O–H groups in total. The Hall–Kier alpha value is -1.39. The predicted molar refractivity (Wildman–Crippen MR) is 73.5 cm³/mol. The molecule has 1 aromatic carbocycles. The Morgan fingerprint density at radius 1 is 1.42 bits per heavy atom. The standard InChI is InChI=1S/C15H21NO3/c1-15(19-2)8-3-9-16(11-15)10-14(18)12-4-6-13(17)7-5-12/h4-7,17H,3,8-11H2,1-2H3. The number of Topliss-reactive ketones (excluding diaryl/α,β-unsaturated/α-hetero) is 1. The fraction of sp³-hybridized carbons (Fsp3) is 0.533. The molecule has 0 radical (unpaired) electrons. The predicted octanol–water partition coefficient (Wildman–Crippen LogP) is 2.08. The van der Waals surface area contributed by atoms with Gasteiger partial charge in [-0.05, 0) is 50.6 Å². The number of ether oxygens (including phenoxy) is 1. The van der Waals surface area contributed by atoms with E-state index >= 15 is 0 Å². The van der Waals surface area contributed by atoms with Crippen LogP contribution >= 0.6 is 0 Å².